The standard InChI is InChI=1S/C15H23N3O3S/c16-13-2-1-12(17-22(20,21)10-9-19)11-14(13)18-7-5-15(3-4-15)6-8-18/h1-2,11,17,19H,3-10,16H2. The molecule has 22 heavy (non-hydrogen) atoms. The van der Waals surface area contributed by atoms with Crippen molar-refractivity contribution in [3.8, 4) is 0 Å². The van der Waals surface area contributed by atoms with Gasteiger partial charge in [0.25, 0.3) is 0 Å². The number of anilines is 3. The fraction of sp³-hybridized carbons (Fsp3) is 0.600. The molecule has 0 unspecified atom stereocenters. The number of aliphatic hydroxyl groups excluding tert-OH is 1. The monoisotopic (exact) mass is 325 g/mol. The van der Waals surface area contributed by atoms with E-state index < -0.39 is 16.6 Å². The lowest BCUT2D eigenvalue weighted by Crippen LogP contribution is -2.34. The minimum Gasteiger partial charge on any atom is -0.397 e. The quantitative estimate of drug-likeness (QED) is 0.711. The summed E-state index contributed by atoms with van der Waals surface area (Å²) >= 11 is 0. The van der Waals surface area contributed by atoms with Gasteiger partial charge >= 0.3 is 0 Å². The van der Waals surface area contributed by atoms with Crippen LogP contribution < -0.4 is 15.4 Å². The highest BCUT2D eigenvalue weighted by Gasteiger charge is 2.44. The van der Waals surface area contributed by atoms with E-state index in [1.54, 1.807) is 18.2 Å². The van der Waals surface area contributed by atoms with Gasteiger partial charge < -0.3 is 15.7 Å². The van der Waals surface area contributed by atoms with Crippen LogP contribution in [0.4, 0.5) is 17.1 Å². The molecule has 4 N–H and O–H groups in total. The SMILES string of the molecule is Nc1ccc(NS(=O)(=O)CCO)cc1N1CCC2(CC1)CC2. The van der Waals surface area contributed by atoms with Crippen molar-refractivity contribution in [2.45, 2.75) is 25.7 Å². The van der Waals surface area contributed by atoms with Crippen molar-refractivity contribution in [3.63, 3.8) is 0 Å². The first-order valence-electron chi connectivity index (χ1n) is 7.69. The number of nitrogens with zero attached hydrogens (tertiary/aromatic N) is 1. The third-order valence-corrected chi connectivity index (χ3v) is 6.05. The Kier molecular flexibility index (Phi) is 3.94. The van der Waals surface area contributed by atoms with Crippen molar-refractivity contribution < 1.29 is 13.5 Å². The fourth-order valence-electron chi connectivity index (χ4n) is 3.13. The zero-order valence-corrected chi connectivity index (χ0v) is 13.4. The molecule has 1 aliphatic carbocycles. The van der Waals surface area contributed by atoms with Crippen LogP contribution in [-0.2, 0) is 10.0 Å². The molecule has 1 aliphatic heterocycles. The van der Waals surface area contributed by atoms with Gasteiger partial charge in [-0.3, -0.25) is 4.72 Å². The summed E-state index contributed by atoms with van der Waals surface area (Å²) in [5, 5.41) is 8.79. The van der Waals surface area contributed by atoms with Crippen LogP contribution in [0, 0.1) is 5.41 Å². The molecule has 1 saturated heterocycles. The Balaban J connectivity index is 1.75. The van der Waals surface area contributed by atoms with Gasteiger partial charge in [-0.15, -0.1) is 0 Å². The first-order chi connectivity index (χ1) is 10.4. The van der Waals surface area contributed by atoms with Gasteiger partial charge in [-0.2, -0.15) is 0 Å². The van der Waals surface area contributed by atoms with Crippen molar-refractivity contribution in [2.24, 2.45) is 5.41 Å². The molecule has 6 nitrogen and oxygen atoms in total. The van der Waals surface area contributed by atoms with E-state index in [0.29, 0.717) is 16.8 Å². The number of rotatable bonds is 5. The first-order valence-corrected chi connectivity index (χ1v) is 9.34. The van der Waals surface area contributed by atoms with E-state index in [0.717, 1.165) is 18.8 Å². The molecule has 7 heteroatoms. The topological polar surface area (TPSA) is 95.7 Å². The Hall–Kier alpha value is -1.47. The van der Waals surface area contributed by atoms with Gasteiger partial charge in [0.2, 0.25) is 10.0 Å². The summed E-state index contributed by atoms with van der Waals surface area (Å²) in [7, 11) is -3.51. The summed E-state index contributed by atoms with van der Waals surface area (Å²) in [5.74, 6) is -0.307. The number of aliphatic hydroxyl groups is 1. The predicted molar refractivity (Wildman–Crippen MR) is 88.5 cm³/mol. The van der Waals surface area contributed by atoms with Crippen LogP contribution in [0.2, 0.25) is 0 Å². The third-order valence-electron chi connectivity index (χ3n) is 4.79. The van der Waals surface area contributed by atoms with Gasteiger partial charge in [0.15, 0.2) is 0 Å². The first kappa shape index (κ1) is 15.4. The highest BCUT2D eigenvalue weighted by molar-refractivity contribution is 7.92. The zero-order valence-electron chi connectivity index (χ0n) is 12.6. The van der Waals surface area contributed by atoms with Crippen LogP contribution in [0.1, 0.15) is 25.7 Å². The highest BCUT2D eigenvalue weighted by Crippen LogP contribution is 2.54. The van der Waals surface area contributed by atoms with E-state index in [1.807, 2.05) is 0 Å². The van der Waals surface area contributed by atoms with E-state index in [4.69, 9.17) is 10.8 Å². The van der Waals surface area contributed by atoms with E-state index in [9.17, 15) is 8.42 Å². The van der Waals surface area contributed by atoms with Crippen molar-refractivity contribution in [3.05, 3.63) is 18.2 Å². The average Bonchev–Trinajstić information content (AvgIpc) is 3.21. The summed E-state index contributed by atoms with van der Waals surface area (Å²) in [6.07, 6.45) is 5.06. The molecular formula is C15H23N3O3S. The van der Waals surface area contributed by atoms with Gasteiger partial charge in [0, 0.05) is 13.1 Å². The Morgan fingerprint density at radius 2 is 1.91 bits per heavy atom. The molecule has 1 saturated carbocycles. The van der Waals surface area contributed by atoms with Crippen molar-refractivity contribution in [1.82, 2.24) is 0 Å². The van der Waals surface area contributed by atoms with E-state index in [-0.39, 0.29) is 5.75 Å². The number of piperidine rings is 1. The maximum absolute atomic E-state index is 11.7. The van der Waals surface area contributed by atoms with E-state index >= 15 is 0 Å². The lowest BCUT2D eigenvalue weighted by Gasteiger charge is -2.34. The van der Waals surface area contributed by atoms with Crippen molar-refractivity contribution in [2.75, 3.05) is 40.8 Å². The van der Waals surface area contributed by atoms with Gasteiger partial charge in [-0.05, 0) is 49.3 Å². The minimum absolute atomic E-state index is 0.307. The van der Waals surface area contributed by atoms with Gasteiger partial charge in [-0.25, -0.2) is 8.42 Å². The van der Waals surface area contributed by atoms with Crippen LogP contribution in [0.15, 0.2) is 18.2 Å². The molecule has 0 bridgehead atoms. The molecule has 122 valence electrons. The number of nitrogen functional groups attached to an aromatic ring is 1. The van der Waals surface area contributed by atoms with Crippen molar-refractivity contribution >= 4 is 27.1 Å². The second-order valence-electron chi connectivity index (χ2n) is 6.41. The van der Waals surface area contributed by atoms with Crippen LogP contribution >= 0.6 is 0 Å². The predicted octanol–water partition coefficient (Wildman–Crippen LogP) is 1.38. The highest BCUT2D eigenvalue weighted by atomic mass is 32.2. The van der Waals surface area contributed by atoms with Crippen molar-refractivity contribution in [1.29, 1.82) is 0 Å². The second kappa shape index (κ2) is 5.62. The maximum atomic E-state index is 11.7. The van der Waals surface area contributed by atoms with E-state index in [2.05, 4.69) is 9.62 Å². The van der Waals surface area contributed by atoms with E-state index in [1.165, 1.54) is 25.7 Å². The molecule has 0 aromatic heterocycles. The molecular weight excluding hydrogens is 302 g/mol. The number of hydrogen-bond acceptors (Lipinski definition) is 5. The molecule has 1 heterocycles. The normalized spacial score (nSPS) is 20.1. The molecule has 1 aromatic carbocycles. The summed E-state index contributed by atoms with van der Waals surface area (Å²) < 4.78 is 26.0. The zero-order chi connectivity index (χ0) is 15.8. The third kappa shape index (κ3) is 3.30. The number of benzene rings is 1. The summed E-state index contributed by atoms with van der Waals surface area (Å²) in [6.45, 7) is 1.54. The van der Waals surface area contributed by atoms with Crippen LogP contribution in [0.3, 0.4) is 0 Å². The summed E-state index contributed by atoms with van der Waals surface area (Å²) in [5.41, 5.74) is 8.70. The Labute approximate surface area is 131 Å². The molecule has 0 amide bonds. The molecule has 2 fully saturated rings. The molecule has 0 atom stereocenters. The summed E-state index contributed by atoms with van der Waals surface area (Å²) in [6, 6.07) is 5.17. The lowest BCUT2D eigenvalue weighted by molar-refractivity contribution is 0.320. The molecule has 1 spiro atoms. The largest absolute Gasteiger partial charge is 0.397 e. The molecule has 0 radical (unpaired) electrons. The summed E-state index contributed by atoms with van der Waals surface area (Å²) in [4.78, 5) is 2.24. The minimum atomic E-state index is -3.51. The van der Waals surface area contributed by atoms with Gasteiger partial charge in [-0.1, -0.05) is 0 Å². The molecule has 2 aliphatic rings. The van der Waals surface area contributed by atoms with Crippen LogP contribution in [-0.4, -0.2) is 39.0 Å². The van der Waals surface area contributed by atoms with Crippen LogP contribution in [0.25, 0.3) is 0 Å². The Bertz CT molecular complexity index is 646. The maximum Gasteiger partial charge on any atom is 0.234 e. The van der Waals surface area contributed by atoms with Gasteiger partial charge in [0.1, 0.15) is 0 Å². The number of nitrogens with one attached hydrogen (secondary N) is 1. The number of sulfonamides is 1. The smallest absolute Gasteiger partial charge is 0.234 e. The van der Waals surface area contributed by atoms with Gasteiger partial charge in [0.05, 0.1) is 29.4 Å². The molecule has 1 aromatic rings. The molecule has 3 rings (SSSR count). The number of nitrogens with two attached hydrogens (primary N) is 1. The average molecular weight is 325 g/mol. The Morgan fingerprint density at radius 1 is 1.23 bits per heavy atom. The Morgan fingerprint density at radius 3 is 2.50 bits per heavy atom. The lowest BCUT2D eigenvalue weighted by atomic mass is 9.93. The second-order valence-corrected chi connectivity index (χ2v) is 8.25. The van der Waals surface area contributed by atoms with Crippen LogP contribution in [0.5, 0.6) is 0 Å². The number of hydrogen-bond donors (Lipinski definition) is 3. The fourth-order valence-corrected chi connectivity index (χ4v) is 3.96.